The van der Waals surface area contributed by atoms with Gasteiger partial charge in [0.05, 0.1) is 6.54 Å². The molecule has 2 fully saturated rings. The fourth-order valence-electron chi connectivity index (χ4n) is 4.03. The van der Waals surface area contributed by atoms with Gasteiger partial charge in [0.1, 0.15) is 0 Å². The van der Waals surface area contributed by atoms with Crippen molar-refractivity contribution in [1.82, 2.24) is 15.5 Å². The summed E-state index contributed by atoms with van der Waals surface area (Å²) in [6.07, 6.45) is 2.87. The van der Waals surface area contributed by atoms with Crippen molar-refractivity contribution in [1.29, 1.82) is 0 Å². The van der Waals surface area contributed by atoms with Crippen LogP contribution in [-0.2, 0) is 9.59 Å². The highest BCUT2D eigenvalue weighted by molar-refractivity contribution is 5.86. The number of carbonyl (C=O) groups is 2. The molecule has 2 saturated heterocycles. The zero-order chi connectivity index (χ0) is 19.1. The summed E-state index contributed by atoms with van der Waals surface area (Å²) in [5.41, 5.74) is 1.20. The molecule has 2 atom stereocenters. The van der Waals surface area contributed by atoms with Crippen LogP contribution in [0.5, 0.6) is 0 Å². The van der Waals surface area contributed by atoms with Crippen molar-refractivity contribution in [2.75, 3.05) is 50.7 Å². The highest BCUT2D eigenvalue weighted by atomic mass is 35.5. The molecule has 2 amide bonds. The van der Waals surface area contributed by atoms with E-state index in [2.05, 4.69) is 34.6 Å². The van der Waals surface area contributed by atoms with E-state index in [9.17, 15) is 9.59 Å². The molecule has 0 radical (unpaired) electrons. The van der Waals surface area contributed by atoms with E-state index in [1.807, 2.05) is 23.1 Å². The molecule has 2 aliphatic heterocycles. The first-order valence-corrected chi connectivity index (χ1v) is 10.2. The van der Waals surface area contributed by atoms with Crippen LogP contribution in [0.15, 0.2) is 30.3 Å². The smallest absolute Gasteiger partial charge is 0.242 e. The molecule has 3 rings (SSSR count). The van der Waals surface area contributed by atoms with Gasteiger partial charge in [-0.1, -0.05) is 25.1 Å². The summed E-state index contributed by atoms with van der Waals surface area (Å²) in [6.45, 7) is 7.40. The first-order chi connectivity index (χ1) is 13.1. The minimum Gasteiger partial charge on any atom is -0.368 e. The number of piperidine rings is 1. The Bertz CT molecular complexity index is 618. The zero-order valence-electron chi connectivity index (χ0n) is 17.1. The average Bonchev–Trinajstić information content (AvgIpc) is 2.73. The van der Waals surface area contributed by atoms with E-state index < -0.39 is 0 Å². The van der Waals surface area contributed by atoms with Crippen molar-refractivity contribution in [3.63, 3.8) is 0 Å². The standard InChI is InChI=1S/C21H32N4O2.2ClH/c1-17(18-6-5-9-22-15-18)14-20(26)23-16-21(27)25-12-10-24(11-13-25)19-7-3-2-4-8-19;;/h2-4,7-8,17-18,22H,5-6,9-16H2,1H3,(H,23,26);2*1H. The number of hydrogen-bond acceptors (Lipinski definition) is 4. The summed E-state index contributed by atoms with van der Waals surface area (Å²) in [4.78, 5) is 28.8. The molecule has 2 N–H and O–H groups in total. The third-order valence-electron chi connectivity index (χ3n) is 5.84. The van der Waals surface area contributed by atoms with Gasteiger partial charge in [-0.3, -0.25) is 9.59 Å². The van der Waals surface area contributed by atoms with Gasteiger partial charge < -0.3 is 20.4 Å². The quantitative estimate of drug-likeness (QED) is 0.706. The molecular weight excluding hydrogens is 411 g/mol. The van der Waals surface area contributed by atoms with Gasteiger partial charge in [0, 0.05) is 38.3 Å². The molecule has 8 heteroatoms. The second kappa shape index (κ2) is 12.9. The number of anilines is 1. The van der Waals surface area contributed by atoms with Crippen molar-refractivity contribution in [2.24, 2.45) is 11.8 Å². The molecule has 2 heterocycles. The molecule has 0 spiro atoms. The summed E-state index contributed by atoms with van der Waals surface area (Å²) in [5, 5.41) is 6.23. The Balaban J connectivity index is 0.00000210. The maximum absolute atomic E-state index is 12.4. The molecular formula is C21H34Cl2N4O2. The molecule has 0 saturated carbocycles. The zero-order valence-corrected chi connectivity index (χ0v) is 18.8. The van der Waals surface area contributed by atoms with Gasteiger partial charge in [-0.15, -0.1) is 24.8 Å². The lowest BCUT2D eigenvalue weighted by atomic mass is 9.85. The first-order valence-electron chi connectivity index (χ1n) is 10.2. The highest BCUT2D eigenvalue weighted by Gasteiger charge is 2.24. The lowest BCUT2D eigenvalue weighted by Gasteiger charge is -2.36. The summed E-state index contributed by atoms with van der Waals surface area (Å²) in [5.74, 6) is 0.918. The number of hydrogen-bond donors (Lipinski definition) is 2. The molecule has 2 unspecified atom stereocenters. The summed E-state index contributed by atoms with van der Waals surface area (Å²) >= 11 is 0. The van der Waals surface area contributed by atoms with Gasteiger partial charge in [-0.25, -0.2) is 0 Å². The molecule has 1 aromatic rings. The van der Waals surface area contributed by atoms with Gasteiger partial charge in [0.15, 0.2) is 0 Å². The Morgan fingerprint density at radius 3 is 2.45 bits per heavy atom. The molecule has 0 aliphatic carbocycles. The SMILES string of the molecule is CC(CC(=O)NCC(=O)N1CCN(c2ccccc2)CC1)C1CCCNC1.Cl.Cl. The van der Waals surface area contributed by atoms with Crippen molar-refractivity contribution in [3.8, 4) is 0 Å². The number of carbonyl (C=O) groups excluding carboxylic acids is 2. The van der Waals surface area contributed by atoms with Crippen LogP contribution in [0.2, 0.25) is 0 Å². The van der Waals surface area contributed by atoms with E-state index in [0.717, 1.165) is 26.2 Å². The lowest BCUT2D eigenvalue weighted by Crippen LogP contribution is -2.51. The lowest BCUT2D eigenvalue weighted by molar-refractivity contribution is -0.133. The first kappa shape index (κ1) is 25.5. The third-order valence-corrected chi connectivity index (χ3v) is 5.84. The van der Waals surface area contributed by atoms with E-state index in [1.165, 1.54) is 18.5 Å². The van der Waals surface area contributed by atoms with Crippen LogP contribution in [0.25, 0.3) is 0 Å². The second-order valence-corrected chi connectivity index (χ2v) is 7.77. The van der Waals surface area contributed by atoms with Crippen LogP contribution >= 0.6 is 24.8 Å². The highest BCUT2D eigenvalue weighted by Crippen LogP contribution is 2.22. The number of nitrogens with zero attached hydrogens (tertiary/aromatic N) is 2. The number of para-hydroxylation sites is 1. The molecule has 6 nitrogen and oxygen atoms in total. The molecule has 29 heavy (non-hydrogen) atoms. The minimum absolute atomic E-state index is 0. The van der Waals surface area contributed by atoms with Gasteiger partial charge in [-0.05, 0) is 49.9 Å². The van der Waals surface area contributed by atoms with Crippen LogP contribution in [0.3, 0.4) is 0 Å². The Hall–Kier alpha value is -1.50. The summed E-state index contributed by atoms with van der Waals surface area (Å²) in [6, 6.07) is 10.3. The van der Waals surface area contributed by atoms with E-state index in [-0.39, 0.29) is 43.2 Å². The molecule has 1 aromatic carbocycles. The van der Waals surface area contributed by atoms with Crippen molar-refractivity contribution in [3.05, 3.63) is 30.3 Å². The summed E-state index contributed by atoms with van der Waals surface area (Å²) < 4.78 is 0. The predicted molar refractivity (Wildman–Crippen MR) is 122 cm³/mol. The van der Waals surface area contributed by atoms with Gasteiger partial charge in [0.2, 0.25) is 11.8 Å². The van der Waals surface area contributed by atoms with Crippen LogP contribution in [0, 0.1) is 11.8 Å². The Kier molecular flexibility index (Phi) is 11.4. The second-order valence-electron chi connectivity index (χ2n) is 7.77. The molecule has 164 valence electrons. The molecule has 2 aliphatic rings. The van der Waals surface area contributed by atoms with Crippen LogP contribution in [0.1, 0.15) is 26.2 Å². The topological polar surface area (TPSA) is 64.7 Å². The monoisotopic (exact) mass is 444 g/mol. The van der Waals surface area contributed by atoms with E-state index >= 15 is 0 Å². The van der Waals surface area contributed by atoms with E-state index in [0.29, 0.717) is 31.3 Å². The maximum Gasteiger partial charge on any atom is 0.242 e. The largest absolute Gasteiger partial charge is 0.368 e. The van der Waals surface area contributed by atoms with Crippen LogP contribution in [0.4, 0.5) is 5.69 Å². The number of halogens is 2. The Morgan fingerprint density at radius 2 is 1.83 bits per heavy atom. The van der Waals surface area contributed by atoms with Gasteiger partial charge >= 0.3 is 0 Å². The number of rotatable bonds is 6. The fraction of sp³-hybridized carbons (Fsp3) is 0.619. The maximum atomic E-state index is 12.4. The third kappa shape index (κ3) is 7.68. The Labute approximate surface area is 186 Å². The van der Waals surface area contributed by atoms with Crippen molar-refractivity contribution < 1.29 is 9.59 Å². The van der Waals surface area contributed by atoms with Crippen LogP contribution in [-0.4, -0.2) is 62.5 Å². The average molecular weight is 445 g/mol. The number of amides is 2. The van der Waals surface area contributed by atoms with Crippen molar-refractivity contribution >= 4 is 42.3 Å². The van der Waals surface area contributed by atoms with Gasteiger partial charge in [0.25, 0.3) is 0 Å². The van der Waals surface area contributed by atoms with E-state index in [1.54, 1.807) is 0 Å². The number of piperazine rings is 1. The van der Waals surface area contributed by atoms with E-state index in [4.69, 9.17) is 0 Å². The molecule has 0 bridgehead atoms. The van der Waals surface area contributed by atoms with Crippen molar-refractivity contribution in [2.45, 2.75) is 26.2 Å². The number of benzene rings is 1. The Morgan fingerprint density at radius 1 is 1.14 bits per heavy atom. The number of nitrogens with one attached hydrogen (secondary N) is 2. The summed E-state index contributed by atoms with van der Waals surface area (Å²) in [7, 11) is 0. The van der Waals surface area contributed by atoms with Crippen LogP contribution < -0.4 is 15.5 Å². The minimum atomic E-state index is -0.00987. The molecule has 0 aromatic heterocycles. The van der Waals surface area contributed by atoms with Gasteiger partial charge in [-0.2, -0.15) is 0 Å². The predicted octanol–water partition coefficient (Wildman–Crippen LogP) is 2.32. The normalized spacial score (nSPS) is 20.1. The fourth-order valence-corrected chi connectivity index (χ4v) is 4.03.